The maximum absolute atomic E-state index is 11.1. The smallest absolute Gasteiger partial charge is 0.384 e. The SMILES string of the molecule is CCN(CC)CCCNc1ccnc2cc(Cl)c([N+](=O)[O-])cc12.O=[P+](O)O[P+](=O)O. The molecule has 30 heavy (non-hydrogen) atoms. The number of fused-ring (bicyclic) bond motifs is 1. The quantitative estimate of drug-likeness (QED) is 0.194. The summed E-state index contributed by atoms with van der Waals surface area (Å²) in [6.07, 6.45) is 2.68. The molecule has 0 aliphatic rings. The van der Waals surface area contributed by atoms with Crippen molar-refractivity contribution in [2.45, 2.75) is 20.3 Å². The minimum Gasteiger partial charge on any atom is -0.384 e. The van der Waals surface area contributed by atoms with Crippen LogP contribution in [0, 0.1) is 10.1 Å². The Bertz CT molecular complexity index is 887. The molecule has 2 unspecified atom stereocenters. The second kappa shape index (κ2) is 13.5. The van der Waals surface area contributed by atoms with E-state index >= 15 is 0 Å². The number of halogens is 1. The highest BCUT2D eigenvalue weighted by atomic mass is 35.5. The highest BCUT2D eigenvalue weighted by Gasteiger charge is 2.31. The summed E-state index contributed by atoms with van der Waals surface area (Å²) >= 11 is 5.94. The van der Waals surface area contributed by atoms with E-state index in [4.69, 9.17) is 21.4 Å². The third kappa shape index (κ3) is 8.89. The molecule has 0 aliphatic carbocycles. The number of nitrogens with zero attached hydrogens (tertiary/aromatic N) is 3. The fraction of sp³-hybridized carbons (Fsp3) is 0.438. The van der Waals surface area contributed by atoms with E-state index in [-0.39, 0.29) is 10.7 Å². The van der Waals surface area contributed by atoms with E-state index in [9.17, 15) is 19.2 Å². The van der Waals surface area contributed by atoms with E-state index in [1.165, 1.54) is 12.1 Å². The van der Waals surface area contributed by atoms with Crippen LogP contribution in [-0.4, -0.2) is 50.8 Å². The third-order valence-corrected chi connectivity index (χ3v) is 5.43. The molecule has 2 aromatic rings. The summed E-state index contributed by atoms with van der Waals surface area (Å²) in [4.78, 5) is 32.5. The van der Waals surface area contributed by atoms with E-state index in [0.717, 1.165) is 38.3 Å². The number of hydrogen-bond donors (Lipinski definition) is 3. The van der Waals surface area contributed by atoms with Gasteiger partial charge in [-0.2, -0.15) is 0 Å². The van der Waals surface area contributed by atoms with E-state index in [1.54, 1.807) is 6.20 Å². The summed E-state index contributed by atoms with van der Waals surface area (Å²) < 4.78 is 22.2. The Hall–Kier alpha value is -1.84. The molecule has 0 aliphatic heterocycles. The van der Waals surface area contributed by atoms with E-state index in [2.05, 4.69) is 33.4 Å². The first kappa shape index (κ1) is 26.2. The van der Waals surface area contributed by atoms with Gasteiger partial charge in [-0.25, -0.2) is 0 Å². The summed E-state index contributed by atoms with van der Waals surface area (Å²) in [5.41, 5.74) is 1.39. The minimum absolute atomic E-state index is 0.0987. The average Bonchev–Trinajstić information content (AvgIpc) is 2.66. The second-order valence-corrected chi connectivity index (χ2v) is 7.81. The van der Waals surface area contributed by atoms with Crippen molar-refractivity contribution in [3.8, 4) is 0 Å². The predicted molar refractivity (Wildman–Crippen MR) is 115 cm³/mol. The number of aromatic nitrogens is 1. The van der Waals surface area contributed by atoms with Gasteiger partial charge >= 0.3 is 16.5 Å². The van der Waals surface area contributed by atoms with E-state index in [1.807, 2.05) is 6.07 Å². The first-order valence-electron chi connectivity index (χ1n) is 8.88. The molecule has 0 spiro atoms. The molecule has 14 heteroatoms. The van der Waals surface area contributed by atoms with Crippen molar-refractivity contribution < 1.29 is 28.2 Å². The van der Waals surface area contributed by atoms with Crippen LogP contribution in [-0.2, 0) is 13.4 Å². The Morgan fingerprint density at radius 2 is 1.90 bits per heavy atom. The van der Waals surface area contributed by atoms with Gasteiger partial charge in [-0.3, -0.25) is 15.1 Å². The molecule has 1 aromatic carbocycles. The molecule has 164 valence electrons. The average molecular weight is 481 g/mol. The first-order chi connectivity index (χ1) is 14.2. The maximum atomic E-state index is 11.1. The zero-order chi connectivity index (χ0) is 22.7. The Morgan fingerprint density at radius 3 is 2.40 bits per heavy atom. The zero-order valence-corrected chi connectivity index (χ0v) is 18.9. The summed E-state index contributed by atoms with van der Waals surface area (Å²) in [6.45, 7) is 8.20. The normalized spacial score (nSPS) is 11.7. The molecular formula is C16H23ClN4O7P2+2. The summed E-state index contributed by atoms with van der Waals surface area (Å²) in [6, 6.07) is 4.85. The van der Waals surface area contributed by atoms with Gasteiger partial charge in [0.2, 0.25) is 0 Å². The summed E-state index contributed by atoms with van der Waals surface area (Å²) in [5, 5.41) is 15.2. The van der Waals surface area contributed by atoms with Crippen molar-refractivity contribution in [1.82, 2.24) is 9.88 Å². The molecule has 0 amide bonds. The van der Waals surface area contributed by atoms with Crippen LogP contribution in [0.5, 0.6) is 0 Å². The molecule has 0 fully saturated rings. The highest BCUT2D eigenvalue weighted by Crippen LogP contribution is 2.32. The zero-order valence-electron chi connectivity index (χ0n) is 16.4. The molecule has 0 saturated carbocycles. The van der Waals surface area contributed by atoms with E-state index < -0.39 is 21.4 Å². The van der Waals surface area contributed by atoms with Crippen LogP contribution in [0.25, 0.3) is 10.9 Å². The van der Waals surface area contributed by atoms with Gasteiger partial charge < -0.3 is 10.2 Å². The number of nitrogens with one attached hydrogen (secondary N) is 1. The Labute approximate surface area is 180 Å². The highest BCUT2D eigenvalue weighted by molar-refractivity contribution is 7.46. The second-order valence-electron chi connectivity index (χ2n) is 5.80. The Kier molecular flexibility index (Phi) is 11.8. The number of hydrogen-bond acceptors (Lipinski definition) is 8. The number of nitro groups is 1. The van der Waals surface area contributed by atoms with Crippen LogP contribution < -0.4 is 5.32 Å². The minimum atomic E-state index is -2.92. The molecule has 1 heterocycles. The number of pyridine rings is 1. The number of benzene rings is 1. The van der Waals surface area contributed by atoms with Crippen molar-refractivity contribution in [2.24, 2.45) is 0 Å². The first-order valence-corrected chi connectivity index (χ1v) is 11.5. The number of anilines is 1. The molecule has 1 aromatic heterocycles. The molecule has 2 rings (SSSR count). The Balaban J connectivity index is 0.000000553. The van der Waals surface area contributed by atoms with Crippen LogP contribution in [0.2, 0.25) is 5.02 Å². The van der Waals surface area contributed by atoms with Crippen molar-refractivity contribution >= 4 is 50.4 Å². The number of rotatable bonds is 10. The molecule has 2 atom stereocenters. The van der Waals surface area contributed by atoms with Crippen molar-refractivity contribution in [1.29, 1.82) is 0 Å². The van der Waals surface area contributed by atoms with Crippen LogP contribution in [0.15, 0.2) is 24.4 Å². The predicted octanol–water partition coefficient (Wildman–Crippen LogP) is 4.24. The van der Waals surface area contributed by atoms with Gasteiger partial charge in [0.15, 0.2) is 4.31 Å². The molecule has 0 radical (unpaired) electrons. The third-order valence-electron chi connectivity index (χ3n) is 4.01. The lowest BCUT2D eigenvalue weighted by Crippen LogP contribution is -2.25. The van der Waals surface area contributed by atoms with Gasteiger partial charge in [0.1, 0.15) is 5.02 Å². The van der Waals surface area contributed by atoms with Crippen LogP contribution >= 0.6 is 28.1 Å². The molecular weight excluding hydrogens is 458 g/mol. The van der Waals surface area contributed by atoms with E-state index in [0.29, 0.717) is 10.9 Å². The fourth-order valence-corrected chi connectivity index (χ4v) is 3.28. The van der Waals surface area contributed by atoms with Gasteiger partial charge in [0, 0.05) is 39.0 Å². The van der Waals surface area contributed by atoms with Crippen molar-refractivity contribution in [3.05, 3.63) is 39.5 Å². The van der Waals surface area contributed by atoms with Crippen molar-refractivity contribution in [3.63, 3.8) is 0 Å². The summed E-state index contributed by atoms with van der Waals surface area (Å²) in [5.74, 6) is 0. The van der Waals surface area contributed by atoms with Crippen molar-refractivity contribution in [2.75, 3.05) is 31.5 Å². The molecule has 11 nitrogen and oxygen atoms in total. The standard InChI is InChI=1S/C16H21ClN4O2.O5P2/c1-3-20(4-2)9-5-7-18-14-6-8-19-15-11-13(17)16(21(22)23)10-12(14)15;1-6(2)5-7(3)4/h6,8,10-11H,3-5,7,9H2,1-2H3,(H,18,19);/p+2. The Morgan fingerprint density at radius 1 is 1.27 bits per heavy atom. The monoisotopic (exact) mass is 480 g/mol. The van der Waals surface area contributed by atoms with Gasteiger partial charge in [-0.05, 0) is 38.2 Å². The van der Waals surface area contributed by atoms with Gasteiger partial charge in [-0.1, -0.05) is 25.4 Å². The lowest BCUT2D eigenvalue weighted by atomic mass is 10.1. The van der Waals surface area contributed by atoms with Gasteiger partial charge in [-0.15, -0.1) is 9.79 Å². The van der Waals surface area contributed by atoms with Crippen LogP contribution in [0.4, 0.5) is 11.4 Å². The maximum Gasteiger partial charge on any atom is 0.745 e. The molecule has 0 saturated heterocycles. The topological polar surface area (TPSA) is 155 Å². The fourth-order valence-electron chi connectivity index (χ4n) is 2.58. The van der Waals surface area contributed by atoms with Crippen LogP contribution in [0.1, 0.15) is 20.3 Å². The van der Waals surface area contributed by atoms with Gasteiger partial charge in [0.05, 0.1) is 10.4 Å². The number of nitro benzene ring substituents is 1. The molecule has 3 N–H and O–H groups in total. The lowest BCUT2D eigenvalue weighted by Gasteiger charge is -2.18. The van der Waals surface area contributed by atoms with Gasteiger partial charge in [0.25, 0.3) is 5.69 Å². The largest absolute Gasteiger partial charge is 0.745 e. The van der Waals surface area contributed by atoms with Crippen LogP contribution in [0.3, 0.4) is 0 Å². The summed E-state index contributed by atoms with van der Waals surface area (Å²) in [7, 11) is -5.85. The lowest BCUT2D eigenvalue weighted by molar-refractivity contribution is -0.384. The molecule has 0 bridgehead atoms.